The molecule has 0 fully saturated rings. The highest BCUT2D eigenvalue weighted by Crippen LogP contribution is 2.18. The molecule has 0 aromatic heterocycles. The summed E-state index contributed by atoms with van der Waals surface area (Å²) >= 11 is 0. The zero-order valence-corrected chi connectivity index (χ0v) is 49.0. The zero-order chi connectivity index (χ0) is 52.2. The van der Waals surface area contributed by atoms with Gasteiger partial charge in [0.05, 0.1) is 0 Å². The van der Waals surface area contributed by atoms with Gasteiger partial charge in [-0.05, 0) is 44.9 Å². The van der Waals surface area contributed by atoms with E-state index in [0.29, 0.717) is 19.3 Å². The van der Waals surface area contributed by atoms with E-state index in [1.165, 1.54) is 276 Å². The second kappa shape index (κ2) is 61.7. The van der Waals surface area contributed by atoms with Crippen molar-refractivity contribution in [2.45, 2.75) is 380 Å². The molecule has 0 saturated heterocycles. The Morgan fingerprint density at radius 3 is 0.694 bits per heavy atom. The van der Waals surface area contributed by atoms with E-state index in [-0.39, 0.29) is 31.1 Å². The van der Waals surface area contributed by atoms with Gasteiger partial charge in [-0.3, -0.25) is 14.4 Å². The first-order chi connectivity index (χ1) is 35.5. The Labute approximate surface area is 450 Å². The minimum atomic E-state index is -0.766. The van der Waals surface area contributed by atoms with E-state index < -0.39 is 6.10 Å². The summed E-state index contributed by atoms with van der Waals surface area (Å²) in [5.41, 5.74) is 0. The van der Waals surface area contributed by atoms with Crippen molar-refractivity contribution in [2.75, 3.05) is 13.2 Å². The summed E-state index contributed by atoms with van der Waals surface area (Å²) in [5.74, 6) is -0.833. The second-order valence-electron chi connectivity index (χ2n) is 22.4. The van der Waals surface area contributed by atoms with Gasteiger partial charge < -0.3 is 14.2 Å². The van der Waals surface area contributed by atoms with E-state index in [4.69, 9.17) is 14.2 Å². The smallest absolute Gasteiger partial charge is 0.306 e. The summed E-state index contributed by atoms with van der Waals surface area (Å²) in [5, 5.41) is 0. The van der Waals surface area contributed by atoms with Gasteiger partial charge in [0.2, 0.25) is 0 Å². The minimum absolute atomic E-state index is 0.0636. The molecule has 0 aliphatic heterocycles. The van der Waals surface area contributed by atoms with Crippen molar-refractivity contribution in [3.63, 3.8) is 0 Å². The van der Waals surface area contributed by atoms with Crippen molar-refractivity contribution in [3.05, 3.63) is 12.2 Å². The van der Waals surface area contributed by atoms with Crippen LogP contribution in [0, 0.1) is 0 Å². The van der Waals surface area contributed by atoms with E-state index in [1.807, 2.05) is 0 Å². The average molecular weight is 1020 g/mol. The molecule has 0 aromatic carbocycles. The Morgan fingerprint density at radius 1 is 0.264 bits per heavy atom. The van der Waals surface area contributed by atoms with Gasteiger partial charge in [-0.2, -0.15) is 0 Å². The Hall–Kier alpha value is -1.85. The summed E-state index contributed by atoms with van der Waals surface area (Å²) in [7, 11) is 0. The maximum Gasteiger partial charge on any atom is 0.306 e. The SMILES string of the molecule is CCCCCCCC/C=C/CCCCCCCCCCCC(=O)OC[C@@H](COC(=O)CCCCCCCCCCCCCCCCCCC)OC(=O)CCCCCCCCCCCCCCCCCCCC. The lowest BCUT2D eigenvalue weighted by atomic mass is 10.0. The normalized spacial score (nSPS) is 12.0. The van der Waals surface area contributed by atoms with E-state index in [1.54, 1.807) is 0 Å². The fraction of sp³-hybridized carbons (Fsp3) is 0.924. The van der Waals surface area contributed by atoms with E-state index in [2.05, 4.69) is 32.9 Å². The molecule has 426 valence electrons. The van der Waals surface area contributed by atoms with Gasteiger partial charge in [0.1, 0.15) is 13.2 Å². The van der Waals surface area contributed by atoms with E-state index in [9.17, 15) is 14.4 Å². The van der Waals surface area contributed by atoms with Crippen LogP contribution >= 0.6 is 0 Å². The predicted octanol–water partition coefficient (Wildman–Crippen LogP) is 22.1. The van der Waals surface area contributed by atoms with Crippen molar-refractivity contribution in [1.82, 2.24) is 0 Å². The Bertz CT molecular complexity index is 1120. The molecule has 6 heteroatoms. The molecule has 72 heavy (non-hydrogen) atoms. The van der Waals surface area contributed by atoms with Gasteiger partial charge in [-0.15, -0.1) is 0 Å². The number of carbonyl (C=O) groups excluding carboxylic acids is 3. The van der Waals surface area contributed by atoms with Crippen molar-refractivity contribution < 1.29 is 28.6 Å². The van der Waals surface area contributed by atoms with Crippen LogP contribution in [0.15, 0.2) is 12.2 Å². The lowest BCUT2D eigenvalue weighted by Crippen LogP contribution is -2.30. The third kappa shape index (κ3) is 59.0. The number of hydrogen-bond acceptors (Lipinski definition) is 6. The molecule has 0 spiro atoms. The summed E-state index contributed by atoms with van der Waals surface area (Å²) < 4.78 is 17.0. The number of unbranched alkanes of at least 4 members (excludes halogenated alkanes) is 48. The van der Waals surface area contributed by atoms with Gasteiger partial charge in [0.15, 0.2) is 6.10 Å². The maximum absolute atomic E-state index is 12.9. The van der Waals surface area contributed by atoms with Crippen LogP contribution in [-0.2, 0) is 28.6 Å². The Balaban J connectivity index is 4.30. The molecular weight excluding hydrogens is 889 g/mol. The molecule has 0 N–H and O–H groups in total. The summed E-state index contributed by atoms with van der Waals surface area (Å²) in [4.78, 5) is 38.3. The van der Waals surface area contributed by atoms with Crippen molar-refractivity contribution >= 4 is 17.9 Å². The zero-order valence-electron chi connectivity index (χ0n) is 49.0. The largest absolute Gasteiger partial charge is 0.462 e. The molecule has 0 aromatic rings. The van der Waals surface area contributed by atoms with Crippen LogP contribution in [0.5, 0.6) is 0 Å². The molecule has 0 rings (SSSR count). The van der Waals surface area contributed by atoms with Crippen molar-refractivity contribution in [2.24, 2.45) is 0 Å². The van der Waals surface area contributed by atoms with Gasteiger partial charge in [0.25, 0.3) is 0 Å². The predicted molar refractivity (Wildman–Crippen MR) is 312 cm³/mol. The number of carbonyl (C=O) groups is 3. The number of esters is 3. The highest BCUT2D eigenvalue weighted by atomic mass is 16.6. The Kier molecular flexibility index (Phi) is 60.1. The van der Waals surface area contributed by atoms with Crippen LogP contribution in [0.25, 0.3) is 0 Å². The van der Waals surface area contributed by atoms with E-state index >= 15 is 0 Å². The fourth-order valence-corrected chi connectivity index (χ4v) is 10.1. The molecule has 1 atom stereocenters. The van der Waals surface area contributed by atoms with E-state index in [0.717, 1.165) is 57.8 Å². The lowest BCUT2D eigenvalue weighted by molar-refractivity contribution is -0.167. The third-order valence-corrected chi connectivity index (χ3v) is 15.0. The van der Waals surface area contributed by atoms with Crippen LogP contribution < -0.4 is 0 Å². The highest BCUT2D eigenvalue weighted by molar-refractivity contribution is 5.71. The summed E-state index contributed by atoms with van der Waals surface area (Å²) in [6.45, 7) is 6.72. The minimum Gasteiger partial charge on any atom is -0.462 e. The topological polar surface area (TPSA) is 78.9 Å². The molecule has 0 aliphatic carbocycles. The first-order valence-electron chi connectivity index (χ1n) is 32.7. The van der Waals surface area contributed by atoms with Crippen LogP contribution in [0.4, 0.5) is 0 Å². The molecule has 0 bridgehead atoms. The van der Waals surface area contributed by atoms with Crippen molar-refractivity contribution in [3.8, 4) is 0 Å². The summed E-state index contributed by atoms with van der Waals surface area (Å²) in [6, 6.07) is 0. The van der Waals surface area contributed by atoms with Gasteiger partial charge in [0, 0.05) is 19.3 Å². The van der Waals surface area contributed by atoms with Crippen LogP contribution in [0.1, 0.15) is 374 Å². The average Bonchev–Trinajstić information content (AvgIpc) is 3.38. The number of allylic oxidation sites excluding steroid dienone is 2. The first kappa shape index (κ1) is 70.1. The quantitative estimate of drug-likeness (QED) is 0.0261. The first-order valence-corrected chi connectivity index (χ1v) is 32.7. The number of hydrogen-bond donors (Lipinski definition) is 0. The number of rotatable bonds is 61. The monoisotopic (exact) mass is 1010 g/mol. The molecular formula is C66H126O6. The molecule has 0 radical (unpaired) electrons. The third-order valence-electron chi connectivity index (χ3n) is 15.0. The van der Waals surface area contributed by atoms with Gasteiger partial charge >= 0.3 is 17.9 Å². The van der Waals surface area contributed by atoms with Gasteiger partial charge in [-0.1, -0.05) is 322 Å². The van der Waals surface area contributed by atoms with Gasteiger partial charge in [-0.25, -0.2) is 0 Å². The molecule has 0 aliphatic rings. The molecule has 0 saturated carbocycles. The molecule has 0 amide bonds. The molecule has 6 nitrogen and oxygen atoms in total. The lowest BCUT2D eigenvalue weighted by Gasteiger charge is -2.18. The standard InChI is InChI=1S/C66H126O6/c1-4-7-10-13-16-19-22-25-28-31-33-36-38-41-44-47-50-53-56-59-65(68)71-62-63(61-70-64(67)58-55-52-49-46-43-40-37-34-30-27-24-21-18-15-12-9-6-3)72-66(69)60-57-54-51-48-45-42-39-35-32-29-26-23-20-17-14-11-8-5-2/h25,28,63H,4-24,26-27,29-62H2,1-3H3/b28-25+/t63-/m1/s1. The molecule has 0 heterocycles. The van der Waals surface area contributed by atoms with Crippen molar-refractivity contribution in [1.29, 1.82) is 0 Å². The second-order valence-corrected chi connectivity index (χ2v) is 22.4. The van der Waals surface area contributed by atoms with Crippen LogP contribution in [0.2, 0.25) is 0 Å². The van der Waals surface area contributed by atoms with Crippen LogP contribution in [0.3, 0.4) is 0 Å². The summed E-state index contributed by atoms with van der Waals surface area (Å²) in [6.07, 6.45) is 72.1. The molecule has 0 unspecified atom stereocenters. The number of ether oxygens (including phenoxy) is 3. The highest BCUT2D eigenvalue weighted by Gasteiger charge is 2.19. The maximum atomic E-state index is 12.9. The van der Waals surface area contributed by atoms with Crippen LogP contribution in [-0.4, -0.2) is 37.2 Å². The fourth-order valence-electron chi connectivity index (χ4n) is 10.1. The Morgan fingerprint density at radius 2 is 0.458 bits per heavy atom.